The molecule has 0 aliphatic carbocycles. The van der Waals surface area contributed by atoms with Gasteiger partial charge in [0.25, 0.3) is 0 Å². The normalized spacial score (nSPS) is 11.8. The molecular formula is C19H25N. The van der Waals surface area contributed by atoms with Crippen LogP contribution in [0.15, 0.2) is 66.8 Å². The molecule has 0 bridgehead atoms. The van der Waals surface area contributed by atoms with E-state index in [0.717, 1.165) is 18.7 Å². The van der Waals surface area contributed by atoms with Crippen molar-refractivity contribution in [3.8, 4) is 0 Å². The quantitative estimate of drug-likeness (QED) is 0.611. The molecule has 0 heterocycles. The number of anilines is 1. The van der Waals surface area contributed by atoms with Gasteiger partial charge in [0, 0.05) is 18.8 Å². The van der Waals surface area contributed by atoms with Gasteiger partial charge in [-0.1, -0.05) is 55.2 Å². The van der Waals surface area contributed by atoms with Gasteiger partial charge in [-0.05, 0) is 44.0 Å². The predicted octanol–water partition coefficient (Wildman–Crippen LogP) is 5.23. The van der Waals surface area contributed by atoms with Crippen molar-refractivity contribution in [2.24, 2.45) is 0 Å². The molecular weight excluding hydrogens is 242 g/mol. The summed E-state index contributed by atoms with van der Waals surface area (Å²) in [4.78, 5) is 2.34. The van der Waals surface area contributed by atoms with Gasteiger partial charge >= 0.3 is 0 Å². The van der Waals surface area contributed by atoms with Crippen LogP contribution in [0.5, 0.6) is 0 Å². The first-order valence-corrected chi connectivity index (χ1v) is 7.22. The van der Waals surface area contributed by atoms with Crippen LogP contribution in [0.3, 0.4) is 0 Å². The van der Waals surface area contributed by atoms with E-state index in [1.54, 1.807) is 0 Å². The highest BCUT2D eigenvalue weighted by molar-refractivity contribution is 5.58. The molecule has 1 nitrogen and oxygen atoms in total. The second-order valence-corrected chi connectivity index (χ2v) is 4.56. The van der Waals surface area contributed by atoms with Crippen molar-refractivity contribution in [3.05, 3.63) is 72.4 Å². The fourth-order valence-electron chi connectivity index (χ4n) is 1.93. The monoisotopic (exact) mass is 267 g/mol. The van der Waals surface area contributed by atoms with E-state index in [1.807, 2.05) is 37.3 Å². The third kappa shape index (κ3) is 5.31. The Bertz CT molecular complexity index is 485. The molecule has 106 valence electrons. The summed E-state index contributed by atoms with van der Waals surface area (Å²) in [7, 11) is 0. The average molecular weight is 267 g/mol. The number of rotatable bonds is 7. The van der Waals surface area contributed by atoms with Gasteiger partial charge in [-0.2, -0.15) is 0 Å². The van der Waals surface area contributed by atoms with Crippen molar-refractivity contribution in [2.45, 2.75) is 20.8 Å². The molecule has 0 aromatic heterocycles. The van der Waals surface area contributed by atoms with Crippen molar-refractivity contribution in [1.82, 2.24) is 0 Å². The zero-order chi connectivity index (χ0) is 14.8. The van der Waals surface area contributed by atoms with Gasteiger partial charge in [0.15, 0.2) is 0 Å². The molecule has 0 aliphatic rings. The highest BCUT2D eigenvalue weighted by atomic mass is 15.1. The molecule has 0 saturated heterocycles. The molecule has 1 heteroatoms. The SMILES string of the molecule is C=C(/C=C\C=C/C)/C=C/c1ccc(N(CC)CC)cc1. The minimum absolute atomic E-state index is 0.996. The second-order valence-electron chi connectivity index (χ2n) is 4.56. The summed E-state index contributed by atoms with van der Waals surface area (Å²) in [5.74, 6) is 0. The summed E-state index contributed by atoms with van der Waals surface area (Å²) in [6.45, 7) is 12.4. The Morgan fingerprint density at radius 1 is 1.05 bits per heavy atom. The van der Waals surface area contributed by atoms with Crippen molar-refractivity contribution in [1.29, 1.82) is 0 Å². The van der Waals surface area contributed by atoms with E-state index < -0.39 is 0 Å². The van der Waals surface area contributed by atoms with Crippen LogP contribution in [0.4, 0.5) is 5.69 Å². The third-order valence-corrected chi connectivity index (χ3v) is 3.13. The topological polar surface area (TPSA) is 3.24 Å². The zero-order valence-electron chi connectivity index (χ0n) is 12.8. The molecule has 0 unspecified atom stereocenters. The summed E-state index contributed by atoms with van der Waals surface area (Å²) in [6, 6.07) is 8.64. The van der Waals surface area contributed by atoms with Gasteiger partial charge in [0.2, 0.25) is 0 Å². The Morgan fingerprint density at radius 3 is 2.25 bits per heavy atom. The van der Waals surface area contributed by atoms with Crippen molar-refractivity contribution in [2.75, 3.05) is 18.0 Å². The van der Waals surface area contributed by atoms with Gasteiger partial charge in [0.05, 0.1) is 0 Å². The molecule has 0 saturated carbocycles. The van der Waals surface area contributed by atoms with Crippen LogP contribution < -0.4 is 4.90 Å². The van der Waals surface area contributed by atoms with Crippen molar-refractivity contribution < 1.29 is 0 Å². The maximum atomic E-state index is 4.00. The maximum absolute atomic E-state index is 4.00. The largest absolute Gasteiger partial charge is 0.372 e. The molecule has 0 atom stereocenters. The molecule has 0 amide bonds. The Kier molecular flexibility index (Phi) is 7.20. The standard InChI is InChI=1S/C19H25N/c1-5-8-9-10-17(4)11-12-18-13-15-19(16-14-18)20(6-2)7-3/h5,8-16H,4,6-7H2,1-3H3/b8-5-,10-9-,12-11+. The van der Waals surface area contributed by atoms with E-state index in [2.05, 4.69) is 55.7 Å². The fourth-order valence-corrected chi connectivity index (χ4v) is 1.93. The highest BCUT2D eigenvalue weighted by Gasteiger charge is 1.99. The molecule has 0 aliphatic heterocycles. The van der Waals surface area contributed by atoms with Gasteiger partial charge in [-0.15, -0.1) is 0 Å². The number of allylic oxidation sites excluding steroid dienone is 6. The Hall–Kier alpha value is -2.02. The Morgan fingerprint density at radius 2 is 1.70 bits per heavy atom. The third-order valence-electron chi connectivity index (χ3n) is 3.13. The van der Waals surface area contributed by atoms with Gasteiger partial charge < -0.3 is 4.90 Å². The number of benzene rings is 1. The lowest BCUT2D eigenvalue weighted by molar-refractivity contribution is 0.866. The number of hydrogen-bond donors (Lipinski definition) is 0. The Labute approximate surface area is 123 Å². The van der Waals surface area contributed by atoms with E-state index in [0.29, 0.717) is 0 Å². The maximum Gasteiger partial charge on any atom is 0.0366 e. The summed E-state index contributed by atoms with van der Waals surface area (Å²) < 4.78 is 0. The molecule has 1 rings (SSSR count). The second kappa shape index (κ2) is 8.98. The minimum Gasteiger partial charge on any atom is -0.372 e. The molecule has 0 spiro atoms. The lowest BCUT2D eigenvalue weighted by Gasteiger charge is -2.20. The minimum atomic E-state index is 0.996. The van der Waals surface area contributed by atoms with Crippen LogP contribution >= 0.6 is 0 Å². The lowest BCUT2D eigenvalue weighted by Crippen LogP contribution is -2.21. The van der Waals surface area contributed by atoms with Crippen LogP contribution in [0.1, 0.15) is 26.3 Å². The van der Waals surface area contributed by atoms with E-state index in [9.17, 15) is 0 Å². The zero-order valence-corrected chi connectivity index (χ0v) is 12.8. The van der Waals surface area contributed by atoms with Gasteiger partial charge in [-0.25, -0.2) is 0 Å². The summed E-state index contributed by atoms with van der Waals surface area (Å²) >= 11 is 0. The fraction of sp³-hybridized carbons (Fsp3) is 0.263. The highest BCUT2D eigenvalue weighted by Crippen LogP contribution is 2.16. The van der Waals surface area contributed by atoms with Gasteiger partial charge in [0.1, 0.15) is 0 Å². The van der Waals surface area contributed by atoms with Crippen LogP contribution in [0.2, 0.25) is 0 Å². The van der Waals surface area contributed by atoms with Crippen LogP contribution in [0, 0.1) is 0 Å². The number of nitrogens with zero attached hydrogens (tertiary/aromatic N) is 1. The molecule has 20 heavy (non-hydrogen) atoms. The first-order valence-electron chi connectivity index (χ1n) is 7.22. The smallest absolute Gasteiger partial charge is 0.0366 e. The van der Waals surface area contributed by atoms with Crippen LogP contribution in [0.25, 0.3) is 6.08 Å². The number of hydrogen-bond acceptors (Lipinski definition) is 1. The van der Waals surface area contributed by atoms with E-state index in [-0.39, 0.29) is 0 Å². The van der Waals surface area contributed by atoms with Crippen molar-refractivity contribution in [3.63, 3.8) is 0 Å². The molecule has 1 aromatic rings. The predicted molar refractivity (Wildman–Crippen MR) is 92.1 cm³/mol. The molecule has 1 aromatic carbocycles. The van der Waals surface area contributed by atoms with Crippen LogP contribution in [-0.4, -0.2) is 13.1 Å². The van der Waals surface area contributed by atoms with E-state index in [1.165, 1.54) is 11.3 Å². The van der Waals surface area contributed by atoms with Gasteiger partial charge in [-0.3, -0.25) is 0 Å². The van der Waals surface area contributed by atoms with E-state index in [4.69, 9.17) is 0 Å². The lowest BCUT2D eigenvalue weighted by atomic mass is 10.1. The summed E-state index contributed by atoms with van der Waals surface area (Å²) in [5.41, 5.74) is 3.47. The summed E-state index contributed by atoms with van der Waals surface area (Å²) in [5, 5.41) is 0. The van der Waals surface area contributed by atoms with E-state index >= 15 is 0 Å². The molecule has 0 fully saturated rings. The molecule has 0 radical (unpaired) electrons. The first-order chi connectivity index (χ1) is 9.71. The summed E-state index contributed by atoms with van der Waals surface area (Å²) in [6.07, 6.45) is 12.1. The average Bonchev–Trinajstić information content (AvgIpc) is 2.48. The van der Waals surface area contributed by atoms with Crippen LogP contribution in [-0.2, 0) is 0 Å². The van der Waals surface area contributed by atoms with Crippen molar-refractivity contribution >= 4 is 11.8 Å². The molecule has 0 N–H and O–H groups in total. The Balaban J connectivity index is 2.67. The first kappa shape index (κ1) is 16.0.